The highest BCUT2D eigenvalue weighted by Gasteiger charge is 2.41. The minimum atomic E-state index is -0.728. The average molecular weight is 651 g/mol. The van der Waals surface area contributed by atoms with E-state index in [-0.39, 0.29) is 30.4 Å². The van der Waals surface area contributed by atoms with Crippen molar-refractivity contribution in [1.29, 1.82) is 0 Å². The molecule has 2 N–H and O–H groups in total. The van der Waals surface area contributed by atoms with Crippen molar-refractivity contribution in [1.82, 2.24) is 25.5 Å². The van der Waals surface area contributed by atoms with Gasteiger partial charge in [-0.3, -0.25) is 14.5 Å². The van der Waals surface area contributed by atoms with E-state index in [1.807, 2.05) is 41.3 Å². The number of likely N-dealkylation sites (N-methyl/N-ethyl adjacent to an activating group) is 1. The first-order valence-electron chi connectivity index (χ1n) is 15.9. The lowest BCUT2D eigenvalue weighted by atomic mass is 10.1. The van der Waals surface area contributed by atoms with Crippen LogP contribution in [0.5, 0.6) is 11.8 Å². The summed E-state index contributed by atoms with van der Waals surface area (Å²) in [6, 6.07) is 13.4. The number of anilines is 1. The van der Waals surface area contributed by atoms with Crippen LogP contribution in [-0.4, -0.2) is 85.3 Å². The van der Waals surface area contributed by atoms with Gasteiger partial charge in [-0.15, -0.1) is 0 Å². The molecule has 46 heavy (non-hydrogen) atoms. The van der Waals surface area contributed by atoms with Gasteiger partial charge >= 0.3 is 6.01 Å². The van der Waals surface area contributed by atoms with Crippen LogP contribution in [0.1, 0.15) is 42.9 Å². The topological polar surface area (TPSA) is 118 Å². The SMILES string of the molecule is CCNCCc1ccc(Cl)c(CN(C(=O)[C@H]2CNCC(=O)N2c2cnc(OCCCOCc3ccccc3OC)nc2)C2CC2)c1. The summed E-state index contributed by atoms with van der Waals surface area (Å²) < 4.78 is 16.8. The number of hydrogen-bond donors (Lipinski definition) is 2. The summed E-state index contributed by atoms with van der Waals surface area (Å²) in [4.78, 5) is 39.3. The zero-order chi connectivity index (χ0) is 32.3. The molecule has 1 aromatic heterocycles. The monoisotopic (exact) mass is 650 g/mol. The number of halogens is 1. The molecule has 1 atom stereocenters. The number of methoxy groups -OCH3 is 1. The molecule has 246 valence electrons. The fourth-order valence-electron chi connectivity index (χ4n) is 5.49. The molecule has 1 saturated heterocycles. The van der Waals surface area contributed by atoms with Crippen molar-refractivity contribution < 1.29 is 23.8 Å². The Bertz CT molecular complexity index is 1450. The van der Waals surface area contributed by atoms with E-state index < -0.39 is 6.04 Å². The molecule has 2 aromatic carbocycles. The third kappa shape index (κ3) is 8.94. The summed E-state index contributed by atoms with van der Waals surface area (Å²) in [5.74, 6) is 0.462. The van der Waals surface area contributed by atoms with Gasteiger partial charge in [-0.1, -0.05) is 48.9 Å². The van der Waals surface area contributed by atoms with Crippen molar-refractivity contribution in [2.24, 2.45) is 0 Å². The number of para-hydroxylation sites is 1. The van der Waals surface area contributed by atoms with E-state index in [1.54, 1.807) is 7.11 Å². The van der Waals surface area contributed by atoms with E-state index in [0.717, 1.165) is 49.2 Å². The minimum Gasteiger partial charge on any atom is -0.496 e. The van der Waals surface area contributed by atoms with E-state index in [2.05, 4.69) is 33.6 Å². The number of ether oxygens (including phenoxy) is 3. The highest BCUT2D eigenvalue weighted by atomic mass is 35.5. The Morgan fingerprint density at radius 2 is 1.93 bits per heavy atom. The Morgan fingerprint density at radius 3 is 2.70 bits per heavy atom. The molecule has 12 heteroatoms. The van der Waals surface area contributed by atoms with E-state index in [0.29, 0.717) is 50.0 Å². The van der Waals surface area contributed by atoms with Crippen LogP contribution in [0.3, 0.4) is 0 Å². The molecule has 2 amide bonds. The molecular weight excluding hydrogens is 608 g/mol. The first kappa shape index (κ1) is 33.6. The largest absolute Gasteiger partial charge is 0.496 e. The summed E-state index contributed by atoms with van der Waals surface area (Å²) in [5, 5.41) is 7.09. The van der Waals surface area contributed by atoms with Crippen molar-refractivity contribution >= 4 is 29.1 Å². The minimum absolute atomic E-state index is 0.120. The summed E-state index contributed by atoms with van der Waals surface area (Å²) in [6.07, 6.45) is 6.46. The number of piperazine rings is 1. The highest BCUT2D eigenvalue weighted by Crippen LogP contribution is 2.32. The Kier molecular flexibility index (Phi) is 12.2. The quantitative estimate of drug-likeness (QED) is 0.211. The average Bonchev–Trinajstić information content (AvgIpc) is 3.92. The number of rotatable bonds is 17. The fraction of sp³-hybridized carbons (Fsp3) is 0.471. The Morgan fingerprint density at radius 1 is 1.13 bits per heavy atom. The van der Waals surface area contributed by atoms with Crippen molar-refractivity contribution in [3.8, 4) is 11.8 Å². The fourth-order valence-corrected chi connectivity index (χ4v) is 5.66. The summed E-state index contributed by atoms with van der Waals surface area (Å²) in [6.45, 7) is 6.03. The first-order chi connectivity index (χ1) is 22.5. The lowest BCUT2D eigenvalue weighted by Crippen LogP contribution is -2.61. The molecule has 0 spiro atoms. The van der Waals surface area contributed by atoms with Crippen LogP contribution >= 0.6 is 11.6 Å². The van der Waals surface area contributed by atoms with E-state index in [1.165, 1.54) is 22.9 Å². The Labute approximate surface area is 275 Å². The molecule has 0 bridgehead atoms. The summed E-state index contributed by atoms with van der Waals surface area (Å²) >= 11 is 6.61. The normalized spacial score (nSPS) is 16.4. The van der Waals surface area contributed by atoms with Gasteiger partial charge in [-0.25, -0.2) is 9.97 Å². The molecule has 2 fully saturated rings. The molecule has 11 nitrogen and oxygen atoms in total. The zero-order valence-corrected chi connectivity index (χ0v) is 27.3. The van der Waals surface area contributed by atoms with Crippen LogP contribution in [-0.2, 0) is 33.9 Å². The van der Waals surface area contributed by atoms with Crippen molar-refractivity contribution in [3.63, 3.8) is 0 Å². The molecular formula is C34H43ClN6O5. The zero-order valence-electron chi connectivity index (χ0n) is 26.5. The van der Waals surface area contributed by atoms with Crippen LogP contribution in [0, 0.1) is 0 Å². The van der Waals surface area contributed by atoms with E-state index in [9.17, 15) is 9.59 Å². The van der Waals surface area contributed by atoms with Gasteiger partial charge in [0.1, 0.15) is 11.8 Å². The van der Waals surface area contributed by atoms with Gasteiger partial charge in [0, 0.05) is 36.1 Å². The maximum atomic E-state index is 14.1. The second-order valence-corrected chi connectivity index (χ2v) is 11.8. The van der Waals surface area contributed by atoms with Gasteiger partial charge in [0.25, 0.3) is 0 Å². The maximum absolute atomic E-state index is 14.1. The number of carbonyl (C=O) groups excluding carboxylic acids is 2. The number of amides is 2. The standard InChI is InChI=1S/C34H43ClN6O5/c1-3-36-14-13-24-9-12-29(35)26(17-24)22-40(27-10-11-27)33(43)30-20-37-21-32(42)41(30)28-18-38-34(39-19-28)46-16-6-15-45-23-25-7-4-5-8-31(25)44-2/h4-5,7-9,12,17-19,27,30,36-37H,3,6,10-11,13-16,20-23H2,1-2H3/t30-/m1/s1. The van der Waals surface area contributed by atoms with Crippen molar-refractivity contribution in [2.45, 2.75) is 57.8 Å². The number of nitrogens with one attached hydrogen (secondary N) is 2. The third-order valence-electron chi connectivity index (χ3n) is 8.05. The molecule has 0 radical (unpaired) electrons. The van der Waals surface area contributed by atoms with Crippen LogP contribution in [0.4, 0.5) is 5.69 Å². The predicted molar refractivity (Wildman–Crippen MR) is 176 cm³/mol. The van der Waals surface area contributed by atoms with Gasteiger partial charge in [-0.05, 0) is 55.6 Å². The summed E-state index contributed by atoms with van der Waals surface area (Å²) in [7, 11) is 1.64. The van der Waals surface area contributed by atoms with Crippen LogP contribution in [0.15, 0.2) is 54.9 Å². The molecule has 0 unspecified atom stereocenters. The lowest BCUT2D eigenvalue weighted by molar-refractivity contribution is -0.136. The van der Waals surface area contributed by atoms with Crippen LogP contribution in [0.25, 0.3) is 0 Å². The van der Waals surface area contributed by atoms with Gasteiger partial charge < -0.3 is 29.7 Å². The number of hydrogen-bond acceptors (Lipinski definition) is 9. The predicted octanol–water partition coefficient (Wildman–Crippen LogP) is 3.77. The number of nitrogens with zero attached hydrogens (tertiary/aromatic N) is 4. The molecule has 5 rings (SSSR count). The van der Waals surface area contributed by atoms with Gasteiger partial charge in [0.2, 0.25) is 11.8 Å². The number of benzene rings is 2. The van der Waals surface area contributed by atoms with Crippen molar-refractivity contribution in [3.05, 3.63) is 76.6 Å². The number of aromatic nitrogens is 2. The maximum Gasteiger partial charge on any atom is 0.316 e. The van der Waals surface area contributed by atoms with Crippen LogP contribution in [0.2, 0.25) is 5.02 Å². The highest BCUT2D eigenvalue weighted by molar-refractivity contribution is 6.31. The third-order valence-corrected chi connectivity index (χ3v) is 8.42. The Balaban J connectivity index is 1.18. The lowest BCUT2D eigenvalue weighted by Gasteiger charge is -2.38. The first-order valence-corrected chi connectivity index (χ1v) is 16.3. The van der Waals surface area contributed by atoms with Gasteiger partial charge in [0.05, 0.1) is 51.6 Å². The van der Waals surface area contributed by atoms with Gasteiger partial charge in [0.15, 0.2) is 0 Å². The van der Waals surface area contributed by atoms with Crippen molar-refractivity contribution in [2.75, 3.05) is 51.4 Å². The molecule has 3 aromatic rings. The summed E-state index contributed by atoms with van der Waals surface area (Å²) in [5.41, 5.74) is 3.52. The van der Waals surface area contributed by atoms with E-state index in [4.69, 9.17) is 25.8 Å². The molecule has 2 heterocycles. The van der Waals surface area contributed by atoms with Gasteiger partial charge in [-0.2, -0.15) is 0 Å². The smallest absolute Gasteiger partial charge is 0.316 e. The van der Waals surface area contributed by atoms with E-state index >= 15 is 0 Å². The number of carbonyl (C=O) groups is 2. The molecule has 2 aliphatic rings. The molecule has 1 saturated carbocycles. The van der Waals surface area contributed by atoms with Crippen LogP contribution < -0.4 is 25.0 Å². The molecule has 1 aliphatic carbocycles. The second kappa shape index (κ2) is 16.7. The molecule has 1 aliphatic heterocycles. The Hall–Kier alpha value is -3.77. The second-order valence-electron chi connectivity index (χ2n) is 11.4.